The summed E-state index contributed by atoms with van der Waals surface area (Å²) in [6.45, 7) is 0. The molecule has 0 radical (unpaired) electrons. The van der Waals surface area contributed by atoms with Crippen molar-refractivity contribution in [1.82, 2.24) is 0 Å². The average Bonchev–Trinajstić information content (AvgIpc) is 2.88. The molecule has 0 saturated heterocycles. The molecule has 37 heavy (non-hydrogen) atoms. The third kappa shape index (κ3) is 4.84. The van der Waals surface area contributed by atoms with Crippen LogP contribution in [0.5, 0.6) is 11.5 Å². The molecule has 4 aliphatic rings. The van der Waals surface area contributed by atoms with E-state index in [4.69, 9.17) is 4.74 Å². The lowest BCUT2D eigenvalue weighted by molar-refractivity contribution is -0.00279. The lowest BCUT2D eigenvalue weighted by atomic mass is 9.51. The first kappa shape index (κ1) is 23.4. The van der Waals surface area contributed by atoms with Crippen LogP contribution in [0.25, 0.3) is 0 Å². The van der Waals surface area contributed by atoms with Crippen molar-refractivity contribution in [3.8, 4) is 23.3 Å². The van der Waals surface area contributed by atoms with Gasteiger partial charge in [0.25, 0.3) is 0 Å². The monoisotopic (exact) mass is 492 g/mol. The fourth-order valence-corrected chi connectivity index (χ4v) is 7.06. The third-order valence-corrected chi connectivity index (χ3v) is 8.36. The summed E-state index contributed by atoms with van der Waals surface area (Å²) in [5.41, 5.74) is 2.29. The molecule has 4 saturated carbocycles. The number of rotatable bonds is 5. The number of aromatic carboxylic acids is 2. The zero-order chi connectivity index (χ0) is 25.5. The molecule has 0 aromatic heterocycles. The van der Waals surface area contributed by atoms with Crippen molar-refractivity contribution in [2.24, 2.45) is 23.7 Å². The van der Waals surface area contributed by atoms with Crippen molar-refractivity contribution in [2.45, 2.75) is 38.0 Å². The molecule has 7 rings (SSSR count). The second kappa shape index (κ2) is 9.44. The SMILES string of the molecule is O=C(O)c1cc(C#Cc2ccc(Oc3ccc(C4C5CC6CC(C5)CC4C6)cc3)cc2)cc(C(=O)O)c1. The van der Waals surface area contributed by atoms with E-state index in [0.717, 1.165) is 35.5 Å². The molecule has 4 bridgehead atoms. The van der Waals surface area contributed by atoms with Gasteiger partial charge in [-0.1, -0.05) is 24.0 Å². The molecule has 5 nitrogen and oxygen atoms in total. The van der Waals surface area contributed by atoms with Gasteiger partial charge in [0.15, 0.2) is 0 Å². The van der Waals surface area contributed by atoms with Crippen LogP contribution < -0.4 is 4.74 Å². The number of benzene rings is 3. The molecular weight excluding hydrogens is 464 g/mol. The Morgan fingerprint density at radius 2 is 1.14 bits per heavy atom. The van der Waals surface area contributed by atoms with E-state index in [9.17, 15) is 19.8 Å². The predicted octanol–water partition coefficient (Wildman–Crippen LogP) is 6.81. The van der Waals surface area contributed by atoms with E-state index in [1.165, 1.54) is 49.8 Å². The number of hydrogen-bond acceptors (Lipinski definition) is 3. The van der Waals surface area contributed by atoms with E-state index < -0.39 is 11.9 Å². The maximum atomic E-state index is 11.3. The summed E-state index contributed by atoms with van der Waals surface area (Å²) in [6.07, 6.45) is 7.13. The minimum absolute atomic E-state index is 0.109. The van der Waals surface area contributed by atoms with E-state index in [0.29, 0.717) is 22.8 Å². The quantitative estimate of drug-likeness (QED) is 0.382. The van der Waals surface area contributed by atoms with Gasteiger partial charge in [-0.15, -0.1) is 0 Å². The summed E-state index contributed by atoms with van der Waals surface area (Å²) in [4.78, 5) is 22.6. The molecule has 3 aromatic rings. The van der Waals surface area contributed by atoms with Crippen LogP contribution in [0.4, 0.5) is 0 Å². The van der Waals surface area contributed by atoms with E-state index in [-0.39, 0.29) is 11.1 Å². The summed E-state index contributed by atoms with van der Waals surface area (Å²) in [5.74, 6) is 9.33. The van der Waals surface area contributed by atoms with Gasteiger partial charge < -0.3 is 14.9 Å². The Morgan fingerprint density at radius 3 is 1.65 bits per heavy atom. The zero-order valence-corrected chi connectivity index (χ0v) is 20.4. The minimum atomic E-state index is -1.20. The van der Waals surface area contributed by atoms with Gasteiger partial charge >= 0.3 is 11.9 Å². The fraction of sp³-hybridized carbons (Fsp3) is 0.312. The molecule has 0 atom stereocenters. The lowest BCUT2D eigenvalue weighted by Gasteiger charge is -2.54. The Bertz CT molecular complexity index is 1350. The van der Waals surface area contributed by atoms with Gasteiger partial charge in [0, 0.05) is 11.1 Å². The van der Waals surface area contributed by atoms with E-state index in [2.05, 4.69) is 36.1 Å². The summed E-state index contributed by atoms with van der Waals surface area (Å²) < 4.78 is 6.06. The maximum absolute atomic E-state index is 11.3. The molecule has 2 N–H and O–H groups in total. The largest absolute Gasteiger partial charge is 0.478 e. The second-order valence-electron chi connectivity index (χ2n) is 10.8. The van der Waals surface area contributed by atoms with Gasteiger partial charge in [0.2, 0.25) is 0 Å². The van der Waals surface area contributed by atoms with Gasteiger partial charge in [-0.2, -0.15) is 0 Å². The minimum Gasteiger partial charge on any atom is -0.478 e. The molecule has 0 aliphatic heterocycles. The maximum Gasteiger partial charge on any atom is 0.335 e. The number of hydrogen-bond donors (Lipinski definition) is 2. The Kier molecular flexibility index (Phi) is 5.96. The van der Waals surface area contributed by atoms with E-state index >= 15 is 0 Å². The molecule has 5 heteroatoms. The van der Waals surface area contributed by atoms with Crippen LogP contribution in [0.2, 0.25) is 0 Å². The Balaban J connectivity index is 1.13. The highest BCUT2D eigenvalue weighted by molar-refractivity contribution is 5.94. The Morgan fingerprint density at radius 1 is 0.649 bits per heavy atom. The molecule has 4 aliphatic carbocycles. The lowest BCUT2D eigenvalue weighted by Crippen LogP contribution is -2.43. The van der Waals surface area contributed by atoms with Crippen LogP contribution in [0.15, 0.2) is 66.7 Å². The average molecular weight is 493 g/mol. The van der Waals surface area contributed by atoms with Crippen LogP contribution in [0, 0.1) is 35.5 Å². The zero-order valence-electron chi connectivity index (χ0n) is 20.4. The molecule has 0 heterocycles. The topological polar surface area (TPSA) is 83.8 Å². The fourth-order valence-electron chi connectivity index (χ4n) is 7.06. The first-order valence-electron chi connectivity index (χ1n) is 12.9. The normalized spacial score (nSPS) is 25.2. The third-order valence-electron chi connectivity index (χ3n) is 8.36. The smallest absolute Gasteiger partial charge is 0.335 e. The number of carboxylic acid groups (broad SMARTS) is 2. The van der Waals surface area contributed by atoms with Gasteiger partial charge in [-0.25, -0.2) is 9.59 Å². The standard InChI is InChI=1S/C32H28O5/c33-31(34)26-12-20(13-27(18-26)32(35)36)2-1-19-3-7-28(8-4-19)37-29-9-5-23(6-10-29)30-24-14-21-11-22(16-24)17-25(30)15-21/h3-10,12-13,18,21-22,24-25,30H,11,14-17H2,(H,33,34)(H,35,36). The highest BCUT2D eigenvalue weighted by Crippen LogP contribution is 2.59. The highest BCUT2D eigenvalue weighted by atomic mass is 16.5. The molecule has 4 fully saturated rings. The van der Waals surface area contributed by atoms with Gasteiger partial charge in [-0.05, 0) is 122 Å². The van der Waals surface area contributed by atoms with Crippen molar-refractivity contribution >= 4 is 11.9 Å². The van der Waals surface area contributed by atoms with Crippen LogP contribution in [0.1, 0.15) is 75.4 Å². The number of ether oxygens (including phenoxy) is 1. The summed E-state index contributed by atoms with van der Waals surface area (Å²) in [5, 5.41) is 18.5. The van der Waals surface area contributed by atoms with Crippen molar-refractivity contribution in [3.05, 3.63) is 94.5 Å². The van der Waals surface area contributed by atoms with Gasteiger partial charge in [0.05, 0.1) is 11.1 Å². The second-order valence-corrected chi connectivity index (χ2v) is 10.8. The van der Waals surface area contributed by atoms with Crippen molar-refractivity contribution in [3.63, 3.8) is 0 Å². The van der Waals surface area contributed by atoms with E-state index in [1.54, 1.807) is 0 Å². The molecule has 0 spiro atoms. The van der Waals surface area contributed by atoms with Crippen molar-refractivity contribution in [1.29, 1.82) is 0 Å². The van der Waals surface area contributed by atoms with Crippen molar-refractivity contribution in [2.75, 3.05) is 0 Å². The number of carbonyl (C=O) groups is 2. The van der Waals surface area contributed by atoms with Crippen LogP contribution >= 0.6 is 0 Å². The first-order valence-corrected chi connectivity index (χ1v) is 12.9. The van der Waals surface area contributed by atoms with Gasteiger partial charge in [-0.3, -0.25) is 0 Å². The van der Waals surface area contributed by atoms with Gasteiger partial charge in [0.1, 0.15) is 11.5 Å². The molecule has 0 unspecified atom stereocenters. The highest BCUT2D eigenvalue weighted by Gasteiger charge is 2.48. The molecular formula is C32H28O5. The molecule has 0 amide bonds. The van der Waals surface area contributed by atoms with Crippen LogP contribution in [-0.4, -0.2) is 22.2 Å². The Labute approximate surface area is 216 Å². The number of carboxylic acids is 2. The van der Waals surface area contributed by atoms with Crippen molar-refractivity contribution < 1.29 is 24.5 Å². The van der Waals surface area contributed by atoms with Crippen LogP contribution in [-0.2, 0) is 0 Å². The summed E-state index contributed by atoms with van der Waals surface area (Å²) in [7, 11) is 0. The summed E-state index contributed by atoms with van der Waals surface area (Å²) >= 11 is 0. The van der Waals surface area contributed by atoms with E-state index in [1.807, 2.05) is 24.3 Å². The Hall–Kier alpha value is -4.04. The summed E-state index contributed by atoms with van der Waals surface area (Å²) in [6, 6.07) is 19.8. The first-order chi connectivity index (χ1) is 17.9. The molecule has 186 valence electrons. The molecule has 3 aromatic carbocycles. The predicted molar refractivity (Wildman–Crippen MR) is 139 cm³/mol. The van der Waals surface area contributed by atoms with Crippen LogP contribution in [0.3, 0.4) is 0 Å².